The summed E-state index contributed by atoms with van der Waals surface area (Å²) in [5.74, 6) is 0.219. The summed E-state index contributed by atoms with van der Waals surface area (Å²) >= 11 is 5.25. The Morgan fingerprint density at radius 2 is 2.33 bits per heavy atom. The molecule has 0 heterocycles. The molecule has 9 heavy (non-hydrogen) atoms. The summed E-state index contributed by atoms with van der Waals surface area (Å²) in [7, 11) is 0. The van der Waals surface area contributed by atoms with Gasteiger partial charge in [0.1, 0.15) is 0 Å². The molecule has 0 unspecified atom stereocenters. The van der Waals surface area contributed by atoms with Gasteiger partial charge < -0.3 is 10.4 Å². The minimum Gasteiger partial charge on any atom is -0.395 e. The van der Waals surface area contributed by atoms with Crippen LogP contribution in [0.5, 0.6) is 0 Å². The second-order valence-electron chi connectivity index (χ2n) is 1.51. The second-order valence-corrected chi connectivity index (χ2v) is 1.89. The standard InChI is InChI=1S/C5H10ClNO2/c6-2-1-5(9)7-3-4-8/h8H,1-4H2,(H,7,9). The Morgan fingerprint density at radius 3 is 2.78 bits per heavy atom. The number of aliphatic hydroxyl groups is 1. The maximum atomic E-state index is 10.5. The Morgan fingerprint density at radius 1 is 1.67 bits per heavy atom. The van der Waals surface area contributed by atoms with Crippen LogP contribution in [-0.4, -0.2) is 30.0 Å². The summed E-state index contributed by atoms with van der Waals surface area (Å²) in [6.07, 6.45) is 0.321. The molecule has 0 fully saturated rings. The van der Waals surface area contributed by atoms with Crippen molar-refractivity contribution >= 4 is 17.5 Å². The quantitative estimate of drug-likeness (QED) is 0.544. The van der Waals surface area contributed by atoms with E-state index in [9.17, 15) is 4.79 Å². The van der Waals surface area contributed by atoms with Gasteiger partial charge in [-0.15, -0.1) is 11.6 Å². The van der Waals surface area contributed by atoms with Crippen molar-refractivity contribution in [3.8, 4) is 0 Å². The molecule has 0 aliphatic heterocycles. The van der Waals surface area contributed by atoms with E-state index >= 15 is 0 Å². The fourth-order valence-electron chi connectivity index (χ4n) is 0.370. The maximum Gasteiger partial charge on any atom is 0.221 e. The first-order chi connectivity index (χ1) is 4.31. The Balaban J connectivity index is 3.06. The largest absolute Gasteiger partial charge is 0.395 e. The molecule has 0 saturated heterocycles. The number of halogens is 1. The molecule has 0 radical (unpaired) electrons. The summed E-state index contributed by atoms with van der Waals surface area (Å²) < 4.78 is 0. The summed E-state index contributed by atoms with van der Waals surface area (Å²) in [6, 6.07) is 0. The van der Waals surface area contributed by atoms with Crippen LogP contribution in [0.25, 0.3) is 0 Å². The molecule has 54 valence electrons. The molecule has 4 heteroatoms. The Kier molecular flexibility index (Phi) is 5.67. The van der Waals surface area contributed by atoms with Crippen molar-refractivity contribution in [2.24, 2.45) is 0 Å². The third-order valence-electron chi connectivity index (χ3n) is 0.756. The van der Waals surface area contributed by atoms with Gasteiger partial charge in [0.25, 0.3) is 0 Å². The predicted octanol–water partition coefficient (Wildman–Crippen LogP) is -0.276. The van der Waals surface area contributed by atoms with Crippen molar-refractivity contribution in [2.45, 2.75) is 6.42 Å². The molecule has 0 aromatic carbocycles. The molecular weight excluding hydrogens is 142 g/mol. The van der Waals surface area contributed by atoms with E-state index in [1.807, 2.05) is 0 Å². The molecule has 2 N–H and O–H groups in total. The van der Waals surface area contributed by atoms with Crippen molar-refractivity contribution in [3.05, 3.63) is 0 Å². The molecule has 1 amide bonds. The third-order valence-corrected chi connectivity index (χ3v) is 0.945. The number of nitrogens with one attached hydrogen (secondary N) is 1. The van der Waals surface area contributed by atoms with Gasteiger partial charge in [-0.2, -0.15) is 0 Å². The first-order valence-electron chi connectivity index (χ1n) is 2.74. The van der Waals surface area contributed by atoms with Crippen LogP contribution >= 0.6 is 11.6 Å². The summed E-state index contributed by atoms with van der Waals surface area (Å²) in [6.45, 7) is 0.295. The molecule has 3 nitrogen and oxygen atoms in total. The molecule has 0 aromatic heterocycles. The lowest BCUT2D eigenvalue weighted by atomic mass is 10.4. The summed E-state index contributed by atoms with van der Waals surface area (Å²) in [5.41, 5.74) is 0. The molecule has 0 atom stereocenters. The van der Waals surface area contributed by atoms with E-state index in [4.69, 9.17) is 16.7 Å². The zero-order valence-corrected chi connectivity index (χ0v) is 5.82. The number of rotatable bonds is 4. The van der Waals surface area contributed by atoms with Crippen molar-refractivity contribution in [2.75, 3.05) is 19.0 Å². The molecular formula is C5H10ClNO2. The zero-order chi connectivity index (χ0) is 7.11. The average Bonchev–Trinajstić information content (AvgIpc) is 1.85. The van der Waals surface area contributed by atoms with Crippen LogP contribution in [0.4, 0.5) is 0 Å². The molecule has 0 spiro atoms. The topological polar surface area (TPSA) is 49.3 Å². The van der Waals surface area contributed by atoms with Crippen molar-refractivity contribution < 1.29 is 9.90 Å². The molecule has 0 aliphatic rings. The fraction of sp³-hybridized carbons (Fsp3) is 0.800. The second kappa shape index (κ2) is 5.85. The van der Waals surface area contributed by atoms with E-state index < -0.39 is 0 Å². The van der Waals surface area contributed by atoms with E-state index in [2.05, 4.69) is 5.32 Å². The van der Waals surface area contributed by atoms with Crippen molar-refractivity contribution in [1.29, 1.82) is 0 Å². The highest BCUT2D eigenvalue weighted by Crippen LogP contribution is 1.82. The number of hydrogen-bond acceptors (Lipinski definition) is 2. The Hall–Kier alpha value is -0.280. The molecule has 0 aromatic rings. The summed E-state index contributed by atoms with van der Waals surface area (Å²) in [4.78, 5) is 10.5. The number of alkyl halides is 1. The first kappa shape index (κ1) is 8.72. The number of carbonyl (C=O) groups is 1. The number of hydrogen-bond donors (Lipinski definition) is 2. The molecule has 0 saturated carbocycles. The van der Waals surface area contributed by atoms with Gasteiger partial charge in [-0.05, 0) is 0 Å². The van der Waals surface area contributed by atoms with Gasteiger partial charge in [0, 0.05) is 18.8 Å². The molecule has 0 bridgehead atoms. The van der Waals surface area contributed by atoms with Crippen LogP contribution in [0, 0.1) is 0 Å². The van der Waals surface area contributed by atoms with E-state index in [1.54, 1.807) is 0 Å². The van der Waals surface area contributed by atoms with Crippen LogP contribution < -0.4 is 5.32 Å². The van der Waals surface area contributed by atoms with Crippen LogP contribution in [0.2, 0.25) is 0 Å². The van der Waals surface area contributed by atoms with Gasteiger partial charge in [-0.1, -0.05) is 0 Å². The SMILES string of the molecule is O=C(CCCl)NCCO. The van der Waals surface area contributed by atoms with Gasteiger partial charge in [0.15, 0.2) is 0 Å². The molecule has 0 rings (SSSR count). The zero-order valence-electron chi connectivity index (χ0n) is 5.06. The van der Waals surface area contributed by atoms with Gasteiger partial charge >= 0.3 is 0 Å². The van der Waals surface area contributed by atoms with E-state index in [-0.39, 0.29) is 12.5 Å². The number of carbonyl (C=O) groups excluding carboxylic acids is 1. The fourth-order valence-corrected chi connectivity index (χ4v) is 0.541. The predicted molar refractivity (Wildman–Crippen MR) is 35.4 cm³/mol. The highest BCUT2D eigenvalue weighted by atomic mass is 35.5. The first-order valence-corrected chi connectivity index (χ1v) is 3.28. The normalized spacial score (nSPS) is 9.11. The smallest absolute Gasteiger partial charge is 0.221 e. The van der Waals surface area contributed by atoms with Crippen LogP contribution in [0.15, 0.2) is 0 Å². The van der Waals surface area contributed by atoms with E-state index in [1.165, 1.54) is 0 Å². The lowest BCUT2D eigenvalue weighted by Gasteiger charge is -1.98. The maximum absolute atomic E-state index is 10.5. The van der Waals surface area contributed by atoms with E-state index in [0.717, 1.165) is 0 Å². The van der Waals surface area contributed by atoms with Crippen molar-refractivity contribution in [3.63, 3.8) is 0 Å². The Labute approximate surface area is 59.0 Å². The monoisotopic (exact) mass is 151 g/mol. The highest BCUT2D eigenvalue weighted by Gasteiger charge is 1.95. The van der Waals surface area contributed by atoms with Crippen LogP contribution in [0.3, 0.4) is 0 Å². The number of aliphatic hydroxyl groups excluding tert-OH is 1. The Bertz CT molecular complexity index is 87.0. The van der Waals surface area contributed by atoms with Crippen LogP contribution in [-0.2, 0) is 4.79 Å². The lowest BCUT2D eigenvalue weighted by molar-refractivity contribution is -0.120. The van der Waals surface area contributed by atoms with Gasteiger partial charge in [-0.25, -0.2) is 0 Å². The van der Waals surface area contributed by atoms with Gasteiger partial charge in [-0.3, -0.25) is 4.79 Å². The van der Waals surface area contributed by atoms with Gasteiger partial charge in [0.2, 0.25) is 5.91 Å². The van der Waals surface area contributed by atoms with Crippen LogP contribution in [0.1, 0.15) is 6.42 Å². The van der Waals surface area contributed by atoms with Gasteiger partial charge in [0.05, 0.1) is 6.61 Å². The van der Waals surface area contributed by atoms with Crippen molar-refractivity contribution in [1.82, 2.24) is 5.32 Å². The lowest BCUT2D eigenvalue weighted by Crippen LogP contribution is -2.26. The molecule has 0 aliphatic carbocycles. The number of amides is 1. The summed E-state index contributed by atoms with van der Waals surface area (Å²) in [5, 5.41) is 10.7. The van der Waals surface area contributed by atoms with E-state index in [0.29, 0.717) is 18.8 Å². The minimum absolute atomic E-state index is 0.0198. The average molecular weight is 152 g/mol. The minimum atomic E-state index is -0.112. The highest BCUT2D eigenvalue weighted by molar-refractivity contribution is 6.18. The third kappa shape index (κ3) is 5.59.